The van der Waals surface area contributed by atoms with Crippen molar-refractivity contribution in [3.05, 3.63) is 41.1 Å². The number of nitrogens with one attached hydrogen (secondary N) is 3. The van der Waals surface area contributed by atoms with Gasteiger partial charge < -0.3 is 24.5 Å². The van der Waals surface area contributed by atoms with E-state index >= 15 is 0 Å². The largest absolute Gasteiger partial charge is 0.593 e. The van der Waals surface area contributed by atoms with Gasteiger partial charge in [-0.15, -0.1) is 4.72 Å². The molecule has 242 valence electrons. The zero-order chi connectivity index (χ0) is 31.9. The summed E-state index contributed by atoms with van der Waals surface area (Å²) < 4.78 is 66.3. The summed E-state index contributed by atoms with van der Waals surface area (Å²) in [5, 5.41) is 5.98. The Labute approximate surface area is 260 Å². The molecule has 1 aromatic carbocycles. The summed E-state index contributed by atoms with van der Waals surface area (Å²) in [4.78, 5) is 26.3. The maximum absolute atomic E-state index is 14.4. The Kier molecular flexibility index (Phi) is 9.47. The van der Waals surface area contributed by atoms with Crippen molar-refractivity contribution in [2.45, 2.75) is 102 Å². The number of rotatable bonds is 7. The number of halogens is 3. The first-order valence-corrected chi connectivity index (χ1v) is 16.6. The van der Waals surface area contributed by atoms with Crippen LogP contribution in [-0.4, -0.2) is 52.3 Å². The summed E-state index contributed by atoms with van der Waals surface area (Å²) in [6, 6.07) is 5.11. The molecule has 1 spiro atoms. The topological polar surface area (TPSA) is 107 Å². The van der Waals surface area contributed by atoms with Gasteiger partial charge in [0.05, 0.1) is 33.9 Å². The number of nitrogens with zero attached hydrogens (tertiary/aromatic N) is 1. The highest BCUT2D eigenvalue weighted by Crippen LogP contribution is 2.40. The molecular weight excluding hydrogens is 593 g/mol. The van der Waals surface area contributed by atoms with Gasteiger partial charge in [0.2, 0.25) is 5.91 Å². The van der Waals surface area contributed by atoms with Gasteiger partial charge in [-0.05, 0) is 89.1 Å². The number of carbonyl (C=O) groups is 2. The monoisotopic (exact) mass is 636 g/mol. The Hall–Kier alpha value is -2.54. The Bertz CT molecular complexity index is 1370. The standard InChI is InChI=1S/C32H43F3N4O4S/c1-20-23(28(40)37-27-18-36-29(41)31(27)12-14-43-15-13-31)17-25(39(20)19-21-8-6-5-7-9-21)22-10-11-26(24(16-22)32(33,34)35)44(42)38-30(2,3)4/h10-11,16-17,21,27,38H,5-9,12-15,18-19H2,1-4H3,(H,36,41)(H,37,40). The van der Waals surface area contributed by atoms with E-state index in [0.29, 0.717) is 67.6 Å². The molecule has 0 radical (unpaired) electrons. The molecule has 3 fully saturated rings. The Morgan fingerprint density at radius 1 is 1.14 bits per heavy atom. The fourth-order valence-electron chi connectivity index (χ4n) is 6.84. The molecule has 2 saturated heterocycles. The van der Waals surface area contributed by atoms with Crippen LogP contribution in [0.5, 0.6) is 0 Å². The summed E-state index contributed by atoms with van der Waals surface area (Å²) in [7, 11) is 0. The first kappa shape index (κ1) is 32.8. The van der Waals surface area contributed by atoms with E-state index in [1.807, 2.05) is 11.5 Å². The molecule has 3 aliphatic rings. The van der Waals surface area contributed by atoms with Crippen molar-refractivity contribution in [1.29, 1.82) is 0 Å². The summed E-state index contributed by atoms with van der Waals surface area (Å²) in [5.74, 6) is -0.102. The normalized spacial score (nSPS) is 21.8. The molecule has 8 nitrogen and oxygen atoms in total. The molecule has 12 heteroatoms. The van der Waals surface area contributed by atoms with Crippen LogP contribution in [0.2, 0.25) is 0 Å². The van der Waals surface area contributed by atoms with E-state index in [1.165, 1.54) is 12.5 Å². The Balaban J connectivity index is 1.53. The lowest BCUT2D eigenvalue weighted by molar-refractivity contribution is -0.139. The first-order chi connectivity index (χ1) is 20.7. The summed E-state index contributed by atoms with van der Waals surface area (Å²) >= 11 is -2.09. The summed E-state index contributed by atoms with van der Waals surface area (Å²) in [6.07, 6.45) is 1.68. The lowest BCUT2D eigenvalue weighted by atomic mass is 9.75. The number of amides is 2. The van der Waals surface area contributed by atoms with E-state index in [1.54, 1.807) is 32.9 Å². The van der Waals surface area contributed by atoms with Crippen molar-refractivity contribution in [3.8, 4) is 11.3 Å². The van der Waals surface area contributed by atoms with Gasteiger partial charge >= 0.3 is 6.18 Å². The molecule has 2 atom stereocenters. The van der Waals surface area contributed by atoms with Crippen molar-refractivity contribution >= 4 is 23.2 Å². The van der Waals surface area contributed by atoms with Gasteiger partial charge in [-0.1, -0.05) is 19.3 Å². The average Bonchev–Trinajstić information content (AvgIpc) is 3.44. The Morgan fingerprint density at radius 2 is 1.82 bits per heavy atom. The van der Waals surface area contributed by atoms with Gasteiger partial charge in [-0.25, -0.2) is 0 Å². The minimum absolute atomic E-state index is 0.0866. The van der Waals surface area contributed by atoms with Crippen LogP contribution < -0.4 is 15.4 Å². The van der Waals surface area contributed by atoms with Gasteiger partial charge in [0, 0.05) is 37.7 Å². The SMILES string of the molecule is Cc1c(C(=O)NC2CNC(=O)C23CCOCC3)cc(-c2ccc([S+]([O-])NC(C)(C)C)c(C(F)(F)F)c2)n1CC1CCCCC1. The smallest absolute Gasteiger partial charge is 0.421 e. The molecule has 2 aromatic rings. The maximum Gasteiger partial charge on any atom is 0.421 e. The predicted molar refractivity (Wildman–Crippen MR) is 162 cm³/mol. The zero-order valence-corrected chi connectivity index (χ0v) is 26.7. The molecule has 44 heavy (non-hydrogen) atoms. The van der Waals surface area contributed by atoms with E-state index in [0.717, 1.165) is 31.7 Å². The van der Waals surface area contributed by atoms with Crippen molar-refractivity contribution in [3.63, 3.8) is 0 Å². The lowest BCUT2D eigenvalue weighted by Gasteiger charge is -2.36. The van der Waals surface area contributed by atoms with Crippen molar-refractivity contribution in [2.24, 2.45) is 11.3 Å². The van der Waals surface area contributed by atoms with Gasteiger partial charge in [0.1, 0.15) is 5.56 Å². The maximum atomic E-state index is 14.4. The first-order valence-electron chi connectivity index (χ1n) is 15.5. The van der Waals surface area contributed by atoms with Crippen LogP contribution in [-0.2, 0) is 33.6 Å². The van der Waals surface area contributed by atoms with Gasteiger partial charge in [0.25, 0.3) is 5.91 Å². The molecule has 2 amide bonds. The van der Waals surface area contributed by atoms with Gasteiger partial charge in [-0.2, -0.15) is 13.2 Å². The highest BCUT2D eigenvalue weighted by Gasteiger charge is 2.51. The molecule has 1 saturated carbocycles. The third-order valence-electron chi connectivity index (χ3n) is 9.23. The van der Waals surface area contributed by atoms with Crippen molar-refractivity contribution in [2.75, 3.05) is 19.8 Å². The predicted octanol–water partition coefficient (Wildman–Crippen LogP) is 5.50. The highest BCUT2D eigenvalue weighted by atomic mass is 32.2. The van der Waals surface area contributed by atoms with Gasteiger partial charge in [-0.3, -0.25) is 9.59 Å². The van der Waals surface area contributed by atoms with E-state index in [9.17, 15) is 27.3 Å². The number of aromatic nitrogens is 1. The van der Waals surface area contributed by atoms with Crippen LogP contribution in [0.25, 0.3) is 11.3 Å². The second-order valence-corrected chi connectivity index (χ2v) is 14.7. The molecule has 0 bridgehead atoms. The second-order valence-electron chi connectivity index (χ2n) is 13.5. The fourth-order valence-corrected chi connectivity index (χ4v) is 8.08. The zero-order valence-electron chi connectivity index (χ0n) is 25.9. The average molecular weight is 637 g/mol. The molecule has 1 aliphatic carbocycles. The number of benzene rings is 1. The molecule has 3 N–H and O–H groups in total. The van der Waals surface area contributed by atoms with Crippen LogP contribution in [0.15, 0.2) is 29.2 Å². The van der Waals surface area contributed by atoms with Crippen LogP contribution in [0.3, 0.4) is 0 Å². The number of hydrogen-bond donors (Lipinski definition) is 3. The third-order valence-corrected chi connectivity index (χ3v) is 10.8. The number of alkyl halides is 3. The Morgan fingerprint density at radius 3 is 2.45 bits per heavy atom. The molecule has 5 rings (SSSR count). The molecule has 3 heterocycles. The van der Waals surface area contributed by atoms with Crippen LogP contribution in [0.4, 0.5) is 13.2 Å². The highest BCUT2D eigenvalue weighted by molar-refractivity contribution is 7.89. The third kappa shape index (κ3) is 6.83. The number of hydrogen-bond acceptors (Lipinski definition) is 5. The fraction of sp³-hybridized carbons (Fsp3) is 0.625. The van der Waals surface area contributed by atoms with Gasteiger partial charge in [0.15, 0.2) is 4.90 Å². The van der Waals surface area contributed by atoms with E-state index in [-0.39, 0.29) is 16.7 Å². The number of ether oxygens (including phenoxy) is 1. The van der Waals surface area contributed by atoms with E-state index in [2.05, 4.69) is 15.4 Å². The molecule has 2 unspecified atom stereocenters. The quantitative estimate of drug-likeness (QED) is 0.348. The van der Waals surface area contributed by atoms with Crippen molar-refractivity contribution in [1.82, 2.24) is 19.9 Å². The molecule has 2 aliphatic heterocycles. The van der Waals surface area contributed by atoms with Crippen LogP contribution in [0.1, 0.15) is 87.3 Å². The van der Waals surface area contributed by atoms with Crippen molar-refractivity contribution < 1.29 is 32.0 Å². The molecule has 1 aromatic heterocycles. The second kappa shape index (κ2) is 12.7. The number of carbonyl (C=O) groups excluding carboxylic acids is 2. The van der Waals surface area contributed by atoms with Crippen LogP contribution >= 0.6 is 0 Å². The summed E-state index contributed by atoms with van der Waals surface area (Å²) in [5.41, 5.74) is -0.537. The van der Waals surface area contributed by atoms with E-state index < -0.39 is 40.1 Å². The minimum Gasteiger partial charge on any atom is -0.593 e. The lowest BCUT2D eigenvalue weighted by Crippen LogP contribution is -2.51. The van der Waals surface area contributed by atoms with Crippen LogP contribution in [0, 0.1) is 18.3 Å². The summed E-state index contributed by atoms with van der Waals surface area (Å²) in [6.45, 7) is 8.81. The van der Waals surface area contributed by atoms with E-state index in [4.69, 9.17) is 4.74 Å². The minimum atomic E-state index is -4.74. The molecular formula is C32H43F3N4O4S.